The van der Waals surface area contributed by atoms with E-state index >= 15 is 0 Å². The number of hydrogen-bond donors (Lipinski definition) is 1. The lowest BCUT2D eigenvalue weighted by Crippen LogP contribution is -2.21. The number of carboxylic acids is 1. The monoisotopic (exact) mass is 297 g/mol. The summed E-state index contributed by atoms with van der Waals surface area (Å²) in [5.74, 6) is -0.508. The first-order valence-electron chi connectivity index (χ1n) is 6.69. The van der Waals surface area contributed by atoms with E-state index in [0.717, 1.165) is 24.2 Å². The van der Waals surface area contributed by atoms with Gasteiger partial charge in [0.05, 0.1) is 11.3 Å². The molecule has 0 amide bonds. The molecule has 0 saturated carbocycles. The quantitative estimate of drug-likeness (QED) is 0.862. The molecule has 0 bridgehead atoms. The molecule has 0 unspecified atom stereocenters. The van der Waals surface area contributed by atoms with Crippen molar-refractivity contribution in [3.8, 4) is 0 Å². The molecule has 110 valence electrons. The summed E-state index contributed by atoms with van der Waals surface area (Å²) in [6.07, 6.45) is 0.621. The van der Waals surface area contributed by atoms with Gasteiger partial charge >= 0.3 is 5.97 Å². The lowest BCUT2D eigenvalue weighted by atomic mass is 10.1. The molecule has 6 heteroatoms. The molecule has 0 fully saturated rings. The molecule has 1 aromatic carbocycles. The average molecular weight is 297 g/mol. The van der Waals surface area contributed by atoms with E-state index in [0.29, 0.717) is 18.5 Å². The highest BCUT2D eigenvalue weighted by Gasteiger charge is 2.20. The van der Waals surface area contributed by atoms with Gasteiger partial charge in [-0.15, -0.1) is 0 Å². The SMILES string of the molecule is CCS(=O)(=O)CCCN1Cc2ccc(C(=O)O)cc2C1. The second-order valence-corrected chi connectivity index (χ2v) is 7.56. The van der Waals surface area contributed by atoms with Crippen LogP contribution in [0.25, 0.3) is 0 Å². The maximum absolute atomic E-state index is 11.4. The van der Waals surface area contributed by atoms with Gasteiger partial charge in [0.15, 0.2) is 0 Å². The predicted octanol–water partition coefficient (Wildman–Crippen LogP) is 1.53. The van der Waals surface area contributed by atoms with Crippen molar-refractivity contribution < 1.29 is 18.3 Å². The molecular weight excluding hydrogens is 278 g/mol. The molecule has 1 N–H and O–H groups in total. The van der Waals surface area contributed by atoms with E-state index in [4.69, 9.17) is 5.11 Å². The summed E-state index contributed by atoms with van der Waals surface area (Å²) in [6.45, 7) is 3.84. The van der Waals surface area contributed by atoms with E-state index in [2.05, 4.69) is 4.90 Å². The zero-order valence-electron chi connectivity index (χ0n) is 11.5. The Bertz CT molecular complexity index is 610. The fraction of sp³-hybridized carbons (Fsp3) is 0.500. The molecule has 2 rings (SSSR count). The Labute approximate surface area is 119 Å². The summed E-state index contributed by atoms with van der Waals surface area (Å²) >= 11 is 0. The average Bonchev–Trinajstić information content (AvgIpc) is 2.79. The van der Waals surface area contributed by atoms with Crippen LogP contribution in [0.2, 0.25) is 0 Å². The van der Waals surface area contributed by atoms with Crippen molar-refractivity contribution in [1.29, 1.82) is 0 Å². The summed E-state index contributed by atoms with van der Waals surface area (Å²) in [6, 6.07) is 5.17. The Morgan fingerprint density at radius 1 is 1.30 bits per heavy atom. The molecule has 20 heavy (non-hydrogen) atoms. The molecule has 0 saturated heterocycles. The van der Waals surface area contributed by atoms with Crippen LogP contribution in [0.1, 0.15) is 34.8 Å². The first kappa shape index (κ1) is 15.0. The van der Waals surface area contributed by atoms with E-state index in [1.54, 1.807) is 19.1 Å². The summed E-state index contributed by atoms with van der Waals surface area (Å²) in [5, 5.41) is 8.96. The van der Waals surface area contributed by atoms with Crippen LogP contribution in [0, 0.1) is 0 Å². The fourth-order valence-corrected chi connectivity index (χ4v) is 3.27. The molecule has 0 aliphatic carbocycles. The van der Waals surface area contributed by atoms with Crippen molar-refractivity contribution in [3.05, 3.63) is 34.9 Å². The summed E-state index contributed by atoms with van der Waals surface area (Å²) < 4.78 is 22.9. The summed E-state index contributed by atoms with van der Waals surface area (Å²) in [7, 11) is -2.90. The van der Waals surface area contributed by atoms with Gasteiger partial charge in [-0.3, -0.25) is 4.90 Å². The predicted molar refractivity (Wildman–Crippen MR) is 76.5 cm³/mol. The minimum absolute atomic E-state index is 0.190. The molecular formula is C14H19NO4S. The number of sulfone groups is 1. The van der Waals surface area contributed by atoms with Gasteiger partial charge < -0.3 is 5.11 Å². The van der Waals surface area contributed by atoms with Crippen LogP contribution in [-0.4, -0.2) is 42.4 Å². The van der Waals surface area contributed by atoms with Crippen LogP contribution < -0.4 is 0 Å². The van der Waals surface area contributed by atoms with Crippen LogP contribution >= 0.6 is 0 Å². The first-order chi connectivity index (χ1) is 9.41. The maximum Gasteiger partial charge on any atom is 0.335 e. The first-order valence-corrected chi connectivity index (χ1v) is 8.51. The van der Waals surface area contributed by atoms with Gasteiger partial charge in [0.2, 0.25) is 0 Å². The molecule has 0 atom stereocenters. The standard InChI is InChI=1S/C14H19NO4S/c1-2-20(18,19)7-3-6-15-9-12-5-4-11(14(16)17)8-13(12)10-15/h4-5,8H,2-3,6-7,9-10H2,1H3,(H,16,17). The minimum atomic E-state index is -2.90. The van der Waals surface area contributed by atoms with Crippen LogP contribution in [0.5, 0.6) is 0 Å². The van der Waals surface area contributed by atoms with Gasteiger partial charge in [-0.05, 0) is 36.2 Å². The lowest BCUT2D eigenvalue weighted by molar-refractivity contribution is 0.0696. The van der Waals surface area contributed by atoms with Gasteiger partial charge in [-0.25, -0.2) is 13.2 Å². The Balaban J connectivity index is 1.91. The second-order valence-electron chi connectivity index (χ2n) is 5.09. The molecule has 5 nitrogen and oxygen atoms in total. The molecule has 0 spiro atoms. The zero-order chi connectivity index (χ0) is 14.8. The second kappa shape index (κ2) is 5.93. The number of aromatic carboxylic acids is 1. The minimum Gasteiger partial charge on any atom is -0.478 e. The largest absolute Gasteiger partial charge is 0.478 e. The molecule has 1 aliphatic rings. The Kier molecular flexibility index (Phi) is 4.45. The lowest BCUT2D eigenvalue weighted by Gasteiger charge is -2.14. The van der Waals surface area contributed by atoms with E-state index in [1.165, 1.54) is 0 Å². The van der Waals surface area contributed by atoms with Crippen LogP contribution in [-0.2, 0) is 22.9 Å². The topological polar surface area (TPSA) is 74.7 Å². The van der Waals surface area contributed by atoms with E-state index < -0.39 is 15.8 Å². The molecule has 1 aliphatic heterocycles. The van der Waals surface area contributed by atoms with Crippen molar-refractivity contribution in [2.75, 3.05) is 18.1 Å². The van der Waals surface area contributed by atoms with Crippen molar-refractivity contribution in [2.24, 2.45) is 0 Å². The smallest absolute Gasteiger partial charge is 0.335 e. The number of carbonyl (C=O) groups is 1. The molecule has 1 aromatic rings. The van der Waals surface area contributed by atoms with Gasteiger partial charge in [0, 0.05) is 18.8 Å². The Hall–Kier alpha value is -1.40. The molecule has 1 heterocycles. The van der Waals surface area contributed by atoms with Crippen molar-refractivity contribution >= 4 is 15.8 Å². The third-order valence-electron chi connectivity index (χ3n) is 3.61. The number of nitrogens with zero attached hydrogens (tertiary/aromatic N) is 1. The zero-order valence-corrected chi connectivity index (χ0v) is 12.3. The van der Waals surface area contributed by atoms with Gasteiger partial charge in [-0.2, -0.15) is 0 Å². The number of fused-ring (bicyclic) bond motifs is 1. The van der Waals surface area contributed by atoms with Gasteiger partial charge in [-0.1, -0.05) is 13.0 Å². The van der Waals surface area contributed by atoms with Crippen LogP contribution in [0.15, 0.2) is 18.2 Å². The van der Waals surface area contributed by atoms with Gasteiger partial charge in [0.1, 0.15) is 9.84 Å². The van der Waals surface area contributed by atoms with E-state index in [1.807, 2.05) is 6.07 Å². The number of rotatable bonds is 6. The van der Waals surface area contributed by atoms with Crippen molar-refractivity contribution in [2.45, 2.75) is 26.4 Å². The maximum atomic E-state index is 11.4. The summed E-state index contributed by atoms with van der Waals surface area (Å²) in [4.78, 5) is 13.1. The number of carboxylic acid groups (broad SMARTS) is 1. The van der Waals surface area contributed by atoms with Crippen molar-refractivity contribution in [3.63, 3.8) is 0 Å². The molecule has 0 aromatic heterocycles. The van der Waals surface area contributed by atoms with E-state index in [-0.39, 0.29) is 11.5 Å². The van der Waals surface area contributed by atoms with Gasteiger partial charge in [0.25, 0.3) is 0 Å². The van der Waals surface area contributed by atoms with Crippen LogP contribution in [0.3, 0.4) is 0 Å². The van der Waals surface area contributed by atoms with Crippen molar-refractivity contribution in [1.82, 2.24) is 4.90 Å². The third kappa shape index (κ3) is 3.58. The fourth-order valence-electron chi connectivity index (χ4n) is 2.41. The number of benzene rings is 1. The Morgan fingerprint density at radius 2 is 2.00 bits per heavy atom. The van der Waals surface area contributed by atoms with E-state index in [9.17, 15) is 13.2 Å². The Morgan fingerprint density at radius 3 is 2.65 bits per heavy atom. The highest BCUT2D eigenvalue weighted by molar-refractivity contribution is 7.91. The summed E-state index contributed by atoms with van der Waals surface area (Å²) in [5.41, 5.74) is 2.47. The number of hydrogen-bond acceptors (Lipinski definition) is 4. The molecule has 0 radical (unpaired) electrons. The third-order valence-corrected chi connectivity index (χ3v) is 5.40. The highest BCUT2D eigenvalue weighted by Crippen LogP contribution is 2.24. The normalized spacial score (nSPS) is 15.2. The highest BCUT2D eigenvalue weighted by atomic mass is 32.2. The van der Waals surface area contributed by atoms with Crippen LogP contribution in [0.4, 0.5) is 0 Å².